The van der Waals surface area contributed by atoms with E-state index in [9.17, 15) is 0 Å². The van der Waals surface area contributed by atoms with Crippen LogP contribution in [-0.4, -0.2) is 9.55 Å². The molecule has 0 amide bonds. The van der Waals surface area contributed by atoms with E-state index in [2.05, 4.69) is 58.4 Å². The van der Waals surface area contributed by atoms with Gasteiger partial charge in [0.15, 0.2) is 0 Å². The van der Waals surface area contributed by atoms with Gasteiger partial charge in [-0.2, -0.15) is 0 Å². The molecule has 0 radical (unpaired) electrons. The number of aromatic nitrogens is 2. The zero-order valence-corrected chi connectivity index (χ0v) is 11.4. The van der Waals surface area contributed by atoms with Gasteiger partial charge in [0.1, 0.15) is 5.82 Å². The quantitative estimate of drug-likeness (QED) is 0.817. The zero-order valence-electron chi connectivity index (χ0n) is 9.79. The summed E-state index contributed by atoms with van der Waals surface area (Å²) in [6, 6.07) is 4.33. The summed E-state index contributed by atoms with van der Waals surface area (Å²) in [5.74, 6) is 1.09. The van der Waals surface area contributed by atoms with Crippen molar-refractivity contribution in [3.8, 4) is 5.69 Å². The molecule has 0 bridgehead atoms. The van der Waals surface area contributed by atoms with E-state index in [1.807, 2.05) is 12.4 Å². The van der Waals surface area contributed by atoms with Gasteiger partial charge in [-0.25, -0.2) is 4.98 Å². The van der Waals surface area contributed by atoms with Gasteiger partial charge in [-0.05, 0) is 47.0 Å². The molecule has 0 unspecified atom stereocenters. The third kappa shape index (κ3) is 1.92. The minimum atomic E-state index is 0.937. The highest BCUT2D eigenvalue weighted by Gasteiger charge is 2.10. The smallest absolute Gasteiger partial charge is 0.112 e. The fraction of sp³-hybridized carbons (Fsp3) is 0.308. The van der Waals surface area contributed by atoms with Crippen LogP contribution in [0.2, 0.25) is 0 Å². The van der Waals surface area contributed by atoms with Crippen LogP contribution in [0, 0.1) is 13.8 Å². The average Bonchev–Trinajstić information content (AvgIpc) is 2.64. The van der Waals surface area contributed by atoms with E-state index in [-0.39, 0.29) is 0 Å². The Labute approximate surface area is 104 Å². The maximum Gasteiger partial charge on any atom is 0.112 e. The minimum absolute atomic E-state index is 0.937. The summed E-state index contributed by atoms with van der Waals surface area (Å²) < 4.78 is 3.27. The van der Waals surface area contributed by atoms with E-state index in [1.54, 1.807) is 0 Å². The summed E-state index contributed by atoms with van der Waals surface area (Å²) in [5.41, 5.74) is 3.73. The molecule has 2 rings (SSSR count). The van der Waals surface area contributed by atoms with E-state index in [1.165, 1.54) is 16.8 Å². The highest BCUT2D eigenvalue weighted by atomic mass is 79.9. The topological polar surface area (TPSA) is 17.8 Å². The molecule has 1 aromatic heterocycles. The number of benzene rings is 1. The van der Waals surface area contributed by atoms with E-state index >= 15 is 0 Å². The molecule has 2 nitrogen and oxygen atoms in total. The summed E-state index contributed by atoms with van der Waals surface area (Å²) in [6.07, 6.45) is 4.80. The van der Waals surface area contributed by atoms with Crippen LogP contribution in [0.15, 0.2) is 29.0 Å². The molecule has 0 aliphatic rings. The lowest BCUT2D eigenvalue weighted by Crippen LogP contribution is -2.02. The van der Waals surface area contributed by atoms with Crippen LogP contribution in [-0.2, 0) is 6.42 Å². The lowest BCUT2D eigenvalue weighted by Gasteiger charge is -2.13. The van der Waals surface area contributed by atoms with Crippen molar-refractivity contribution in [2.45, 2.75) is 27.2 Å². The lowest BCUT2D eigenvalue weighted by atomic mass is 10.1. The van der Waals surface area contributed by atoms with Gasteiger partial charge in [0.05, 0.1) is 5.69 Å². The number of halogens is 1. The van der Waals surface area contributed by atoms with Gasteiger partial charge in [-0.3, -0.25) is 0 Å². The Kier molecular flexibility index (Phi) is 3.15. The monoisotopic (exact) mass is 278 g/mol. The Morgan fingerprint density at radius 2 is 2.06 bits per heavy atom. The standard InChI is InChI=1S/C13H15BrN2/c1-4-12-15-5-6-16(12)13-10(3)7-9(2)8-11(13)14/h5-8H,4H2,1-3H3. The fourth-order valence-corrected chi connectivity index (χ4v) is 2.88. The van der Waals surface area contributed by atoms with E-state index in [4.69, 9.17) is 0 Å². The Morgan fingerprint density at radius 1 is 1.31 bits per heavy atom. The molecule has 1 heterocycles. The number of nitrogens with zero attached hydrogens (tertiary/aromatic N) is 2. The van der Waals surface area contributed by atoms with Crippen LogP contribution in [0.25, 0.3) is 5.69 Å². The molecule has 2 aromatic rings. The second kappa shape index (κ2) is 4.42. The second-order valence-electron chi connectivity index (χ2n) is 3.98. The van der Waals surface area contributed by atoms with Gasteiger partial charge in [0, 0.05) is 23.3 Å². The molecule has 0 atom stereocenters. The van der Waals surface area contributed by atoms with Gasteiger partial charge in [-0.15, -0.1) is 0 Å². The van der Waals surface area contributed by atoms with Gasteiger partial charge in [0.2, 0.25) is 0 Å². The van der Waals surface area contributed by atoms with Gasteiger partial charge in [0.25, 0.3) is 0 Å². The van der Waals surface area contributed by atoms with Crippen LogP contribution in [0.3, 0.4) is 0 Å². The summed E-state index contributed by atoms with van der Waals surface area (Å²) in [7, 11) is 0. The molecule has 0 aliphatic carbocycles. The van der Waals surface area contributed by atoms with Crippen molar-refractivity contribution in [2.75, 3.05) is 0 Å². The fourth-order valence-electron chi connectivity index (χ4n) is 2.01. The van der Waals surface area contributed by atoms with E-state index < -0.39 is 0 Å². The number of imidazole rings is 1. The van der Waals surface area contributed by atoms with Crippen molar-refractivity contribution in [1.82, 2.24) is 9.55 Å². The summed E-state index contributed by atoms with van der Waals surface area (Å²) in [4.78, 5) is 4.36. The summed E-state index contributed by atoms with van der Waals surface area (Å²) in [6.45, 7) is 6.36. The Balaban J connectivity index is 2.64. The first-order valence-electron chi connectivity index (χ1n) is 5.42. The van der Waals surface area contributed by atoms with Crippen LogP contribution >= 0.6 is 15.9 Å². The first kappa shape index (κ1) is 11.4. The van der Waals surface area contributed by atoms with E-state index in [0.29, 0.717) is 0 Å². The number of hydrogen-bond donors (Lipinski definition) is 0. The van der Waals surface area contributed by atoms with Gasteiger partial charge >= 0.3 is 0 Å². The largest absolute Gasteiger partial charge is 0.302 e. The normalized spacial score (nSPS) is 10.8. The molecular formula is C13H15BrN2. The molecule has 3 heteroatoms. The lowest BCUT2D eigenvalue weighted by molar-refractivity contribution is 0.882. The highest BCUT2D eigenvalue weighted by molar-refractivity contribution is 9.10. The SMILES string of the molecule is CCc1nccn1-c1c(C)cc(C)cc1Br. The van der Waals surface area contributed by atoms with Gasteiger partial charge < -0.3 is 4.57 Å². The molecule has 0 spiro atoms. The molecule has 1 aromatic carbocycles. The average molecular weight is 279 g/mol. The second-order valence-corrected chi connectivity index (χ2v) is 4.83. The third-order valence-corrected chi connectivity index (χ3v) is 3.28. The van der Waals surface area contributed by atoms with Crippen LogP contribution in [0.5, 0.6) is 0 Å². The summed E-state index contributed by atoms with van der Waals surface area (Å²) >= 11 is 3.63. The zero-order chi connectivity index (χ0) is 11.7. The first-order chi connectivity index (χ1) is 7.63. The molecule has 16 heavy (non-hydrogen) atoms. The van der Waals surface area contributed by atoms with Crippen LogP contribution in [0.4, 0.5) is 0 Å². The van der Waals surface area contributed by atoms with Crippen molar-refractivity contribution in [3.63, 3.8) is 0 Å². The van der Waals surface area contributed by atoms with Crippen LogP contribution < -0.4 is 0 Å². The number of hydrogen-bond acceptors (Lipinski definition) is 1. The maximum absolute atomic E-state index is 4.36. The third-order valence-electron chi connectivity index (χ3n) is 2.67. The van der Waals surface area contributed by atoms with Crippen LogP contribution in [0.1, 0.15) is 23.9 Å². The molecule has 0 fully saturated rings. The number of aryl methyl sites for hydroxylation is 3. The Bertz CT molecular complexity index is 491. The Hall–Kier alpha value is -1.09. The Morgan fingerprint density at radius 3 is 2.69 bits per heavy atom. The first-order valence-corrected chi connectivity index (χ1v) is 6.22. The minimum Gasteiger partial charge on any atom is -0.302 e. The van der Waals surface area contributed by atoms with Crippen molar-refractivity contribution in [1.29, 1.82) is 0 Å². The van der Waals surface area contributed by atoms with Crippen molar-refractivity contribution >= 4 is 15.9 Å². The van der Waals surface area contributed by atoms with Gasteiger partial charge in [-0.1, -0.05) is 13.0 Å². The van der Waals surface area contributed by atoms with Crippen molar-refractivity contribution < 1.29 is 0 Å². The predicted molar refractivity (Wildman–Crippen MR) is 70.1 cm³/mol. The molecule has 0 aliphatic heterocycles. The summed E-state index contributed by atoms with van der Waals surface area (Å²) in [5, 5.41) is 0. The van der Waals surface area contributed by atoms with Crippen molar-refractivity contribution in [3.05, 3.63) is 46.0 Å². The molecule has 84 valence electrons. The predicted octanol–water partition coefficient (Wildman–Crippen LogP) is 3.81. The van der Waals surface area contributed by atoms with E-state index in [0.717, 1.165) is 16.7 Å². The molecule has 0 saturated heterocycles. The number of rotatable bonds is 2. The maximum atomic E-state index is 4.36. The van der Waals surface area contributed by atoms with Crippen molar-refractivity contribution in [2.24, 2.45) is 0 Å². The highest BCUT2D eigenvalue weighted by Crippen LogP contribution is 2.27. The molecule has 0 N–H and O–H groups in total. The molecular weight excluding hydrogens is 264 g/mol. The molecule has 0 saturated carbocycles.